The molecule has 0 spiro atoms. The minimum Gasteiger partial charge on any atom is -0.379 e. The molecule has 1 aromatic carbocycles. The molecule has 3 heterocycles. The number of halogens is 4. The smallest absolute Gasteiger partial charge is 0.379 e. The van der Waals surface area contributed by atoms with Gasteiger partial charge in [-0.2, -0.15) is 13.2 Å². The van der Waals surface area contributed by atoms with Crippen molar-refractivity contribution in [1.29, 1.82) is 0 Å². The molecule has 2 aliphatic heterocycles. The number of hydrogen-bond acceptors (Lipinski definition) is 4. The fraction of sp³-hybridized carbons (Fsp3) is 0.143. The van der Waals surface area contributed by atoms with Crippen molar-refractivity contribution in [2.24, 2.45) is 7.05 Å². The standard InChI is InChI=1S/C21H15ClF3N3OS/c1-28-10-2-3-15-18(30-16-9-8-14(22)11-26-16)17(27-20(15)28)12-4-6-13(7-5-12)19(29)21(23,24)25/h2-11,19,29H,1H3. The summed E-state index contributed by atoms with van der Waals surface area (Å²) in [5.74, 6) is 0.739. The minimum atomic E-state index is -4.72. The van der Waals surface area contributed by atoms with Crippen molar-refractivity contribution in [2.75, 3.05) is 0 Å². The first-order valence-corrected chi connectivity index (χ1v) is 10.0. The maximum Gasteiger partial charge on any atom is 0.418 e. The van der Waals surface area contributed by atoms with E-state index in [-0.39, 0.29) is 5.56 Å². The Morgan fingerprint density at radius 1 is 1.10 bits per heavy atom. The number of hydrogen-bond donors (Lipinski definition) is 1. The Kier molecular flexibility index (Phi) is 5.48. The van der Waals surface area contributed by atoms with Crippen molar-refractivity contribution in [3.63, 3.8) is 0 Å². The summed E-state index contributed by atoms with van der Waals surface area (Å²) >= 11 is 7.32. The maximum absolute atomic E-state index is 12.8. The van der Waals surface area contributed by atoms with Crippen LogP contribution in [0.1, 0.15) is 11.7 Å². The van der Waals surface area contributed by atoms with Crippen molar-refractivity contribution in [3.8, 4) is 22.6 Å². The van der Waals surface area contributed by atoms with Gasteiger partial charge in [0.15, 0.2) is 6.10 Å². The number of aromatic nitrogens is 3. The monoisotopic (exact) mass is 449 g/mol. The fourth-order valence-electron chi connectivity index (χ4n) is 3.04. The molecule has 0 fully saturated rings. The molecule has 1 unspecified atom stereocenters. The van der Waals surface area contributed by atoms with Gasteiger partial charge in [0.2, 0.25) is 0 Å². The van der Waals surface area contributed by atoms with Gasteiger partial charge in [0.1, 0.15) is 10.9 Å². The maximum atomic E-state index is 12.8. The van der Waals surface area contributed by atoms with Crippen LogP contribution in [-0.2, 0) is 7.05 Å². The van der Waals surface area contributed by atoms with Crippen molar-refractivity contribution in [2.45, 2.75) is 22.2 Å². The van der Waals surface area contributed by atoms with E-state index in [4.69, 9.17) is 16.6 Å². The van der Waals surface area contributed by atoms with Gasteiger partial charge in [-0.15, -0.1) is 0 Å². The molecule has 0 aliphatic carbocycles. The average Bonchev–Trinajstić information content (AvgIpc) is 3.08. The van der Waals surface area contributed by atoms with E-state index >= 15 is 0 Å². The first-order chi connectivity index (χ1) is 14.2. The molecule has 1 atom stereocenters. The summed E-state index contributed by atoms with van der Waals surface area (Å²) in [6, 6.07) is 13.0. The molecule has 0 radical (unpaired) electrons. The summed E-state index contributed by atoms with van der Waals surface area (Å²) in [5, 5.41) is 10.7. The predicted octanol–water partition coefficient (Wildman–Crippen LogP) is 5.99. The highest BCUT2D eigenvalue weighted by molar-refractivity contribution is 7.99. The minimum absolute atomic E-state index is 0.221. The largest absolute Gasteiger partial charge is 0.418 e. The van der Waals surface area contributed by atoms with Crippen LogP contribution in [0.2, 0.25) is 5.02 Å². The number of fused-ring (bicyclic) bond motifs is 1. The van der Waals surface area contributed by atoms with Gasteiger partial charge < -0.3 is 9.67 Å². The topological polar surface area (TPSA) is 50.9 Å². The lowest BCUT2D eigenvalue weighted by molar-refractivity contribution is -0.206. The first kappa shape index (κ1) is 20.7. The van der Waals surface area contributed by atoms with Crippen LogP contribution in [0.5, 0.6) is 0 Å². The molecule has 1 aromatic heterocycles. The van der Waals surface area contributed by atoms with Crippen LogP contribution in [0.15, 0.2) is 70.8 Å². The Balaban J connectivity index is 1.79. The van der Waals surface area contributed by atoms with Gasteiger partial charge in [-0.1, -0.05) is 47.6 Å². The van der Waals surface area contributed by atoms with Gasteiger partial charge in [0.25, 0.3) is 0 Å². The molecule has 4 nitrogen and oxygen atoms in total. The van der Waals surface area contributed by atoms with Crippen LogP contribution < -0.4 is 0 Å². The van der Waals surface area contributed by atoms with E-state index in [2.05, 4.69) is 4.98 Å². The molecule has 0 amide bonds. The van der Waals surface area contributed by atoms with Gasteiger partial charge in [-0.05, 0) is 29.8 Å². The van der Waals surface area contributed by atoms with Gasteiger partial charge in [0.05, 0.1) is 15.6 Å². The number of benzene rings is 1. The van der Waals surface area contributed by atoms with E-state index in [1.165, 1.54) is 36.0 Å². The zero-order valence-corrected chi connectivity index (χ0v) is 17.1. The molecular formula is C21H15ClF3N3OS. The van der Waals surface area contributed by atoms with Crippen LogP contribution in [0, 0.1) is 0 Å². The van der Waals surface area contributed by atoms with E-state index < -0.39 is 12.3 Å². The summed E-state index contributed by atoms with van der Waals surface area (Å²) in [6.07, 6.45) is -3.82. The van der Waals surface area contributed by atoms with E-state index in [1.807, 2.05) is 29.9 Å². The molecule has 0 saturated carbocycles. The van der Waals surface area contributed by atoms with Gasteiger partial charge in [-0.25, -0.2) is 9.97 Å². The van der Waals surface area contributed by atoms with E-state index in [9.17, 15) is 18.3 Å². The highest BCUT2D eigenvalue weighted by Crippen LogP contribution is 2.44. The summed E-state index contributed by atoms with van der Waals surface area (Å²) in [7, 11) is 1.87. The van der Waals surface area contributed by atoms with E-state index in [0.717, 1.165) is 16.3 Å². The van der Waals surface area contributed by atoms with E-state index in [0.29, 0.717) is 21.3 Å². The molecule has 0 saturated heterocycles. The zero-order valence-electron chi connectivity index (χ0n) is 15.6. The Hall–Kier alpha value is -2.55. The normalized spacial score (nSPS) is 13.0. The number of aliphatic hydroxyl groups excluding tert-OH is 1. The molecule has 2 aromatic rings. The van der Waals surface area contributed by atoms with Crippen LogP contribution in [-0.4, -0.2) is 25.8 Å². The Bertz CT molecular complexity index is 1140. The highest BCUT2D eigenvalue weighted by atomic mass is 35.5. The second-order valence-corrected chi connectivity index (χ2v) is 8.10. The number of alkyl halides is 3. The lowest BCUT2D eigenvalue weighted by atomic mass is 10.0. The van der Waals surface area contributed by atoms with Crippen molar-refractivity contribution in [3.05, 3.63) is 71.5 Å². The SMILES string of the molecule is Cn1cccc2c(Sc3ccc(Cl)cn3)c(-c3ccc(C(O)C(F)(F)F)cc3)nc1-2. The van der Waals surface area contributed by atoms with Crippen LogP contribution >= 0.6 is 23.4 Å². The predicted molar refractivity (Wildman–Crippen MR) is 110 cm³/mol. The van der Waals surface area contributed by atoms with Gasteiger partial charge in [-0.3, -0.25) is 0 Å². The molecule has 4 rings (SSSR count). The van der Waals surface area contributed by atoms with Crippen LogP contribution in [0.3, 0.4) is 0 Å². The number of pyridine rings is 2. The molecule has 0 bridgehead atoms. The van der Waals surface area contributed by atoms with Crippen molar-refractivity contribution in [1.82, 2.24) is 14.5 Å². The average molecular weight is 450 g/mol. The summed E-state index contributed by atoms with van der Waals surface area (Å²) < 4.78 is 40.3. The lowest BCUT2D eigenvalue weighted by Gasteiger charge is -2.15. The summed E-state index contributed by atoms with van der Waals surface area (Å²) in [6.45, 7) is 0. The summed E-state index contributed by atoms with van der Waals surface area (Å²) in [5.41, 5.74) is 1.94. The van der Waals surface area contributed by atoms with Gasteiger partial charge in [0, 0.05) is 30.6 Å². The molecular weight excluding hydrogens is 435 g/mol. The van der Waals surface area contributed by atoms with Crippen molar-refractivity contribution >= 4 is 23.4 Å². The second kappa shape index (κ2) is 7.94. The second-order valence-electron chi connectivity index (χ2n) is 6.63. The van der Waals surface area contributed by atoms with Crippen LogP contribution in [0.25, 0.3) is 22.6 Å². The number of nitrogens with zero attached hydrogens (tertiary/aromatic N) is 3. The molecule has 1 N–H and O–H groups in total. The Morgan fingerprint density at radius 2 is 1.83 bits per heavy atom. The molecule has 9 heteroatoms. The molecule has 2 aliphatic rings. The Morgan fingerprint density at radius 3 is 2.47 bits per heavy atom. The quantitative estimate of drug-likeness (QED) is 0.416. The summed E-state index contributed by atoms with van der Waals surface area (Å²) in [4.78, 5) is 9.88. The number of rotatable bonds is 4. The van der Waals surface area contributed by atoms with Crippen LogP contribution in [0.4, 0.5) is 13.2 Å². The molecule has 154 valence electrons. The van der Waals surface area contributed by atoms with Crippen molar-refractivity contribution < 1.29 is 18.3 Å². The highest BCUT2D eigenvalue weighted by Gasteiger charge is 2.39. The lowest BCUT2D eigenvalue weighted by Crippen LogP contribution is -2.19. The zero-order chi connectivity index (χ0) is 21.5. The molecule has 30 heavy (non-hydrogen) atoms. The Labute approximate surface area is 179 Å². The number of aryl methyl sites for hydroxylation is 1. The third-order valence-electron chi connectivity index (χ3n) is 4.54. The third-order valence-corrected chi connectivity index (χ3v) is 5.83. The first-order valence-electron chi connectivity index (χ1n) is 8.83. The third kappa shape index (κ3) is 4.03. The fourth-order valence-corrected chi connectivity index (χ4v) is 4.13. The number of aliphatic hydroxyl groups is 1. The van der Waals surface area contributed by atoms with Gasteiger partial charge >= 0.3 is 6.18 Å². The van der Waals surface area contributed by atoms with E-state index in [1.54, 1.807) is 18.3 Å².